The van der Waals surface area contributed by atoms with Gasteiger partial charge in [-0.2, -0.15) is 18.3 Å². The van der Waals surface area contributed by atoms with Gasteiger partial charge in [0.2, 0.25) is 0 Å². The van der Waals surface area contributed by atoms with Crippen LogP contribution in [0.4, 0.5) is 13.2 Å². The van der Waals surface area contributed by atoms with Gasteiger partial charge in [-0.05, 0) is 17.5 Å². The molecule has 10 heteroatoms. The lowest BCUT2D eigenvalue weighted by atomic mass is 10.2. The van der Waals surface area contributed by atoms with Crippen LogP contribution in [0.5, 0.6) is 0 Å². The standard InChI is InChI=1S/C9H6ClF3N2O2S2/c1-15-7(9(11,12)13)4-6(14-15)5-2-3-18-8(5)19(10,16)17/h2-4H,1H3. The molecular weight excluding hydrogens is 325 g/mol. The average molecular weight is 331 g/mol. The van der Waals surface area contributed by atoms with Crippen LogP contribution in [-0.2, 0) is 22.3 Å². The summed E-state index contributed by atoms with van der Waals surface area (Å²) in [6.45, 7) is 0. The van der Waals surface area contributed by atoms with Crippen molar-refractivity contribution in [3.8, 4) is 11.3 Å². The Balaban J connectivity index is 2.60. The van der Waals surface area contributed by atoms with Crippen LogP contribution < -0.4 is 0 Å². The molecular formula is C9H6ClF3N2O2S2. The van der Waals surface area contributed by atoms with Gasteiger partial charge in [0.05, 0.1) is 5.69 Å². The Kier molecular flexibility index (Phi) is 3.40. The molecule has 0 radical (unpaired) electrons. The van der Waals surface area contributed by atoms with Gasteiger partial charge >= 0.3 is 6.18 Å². The highest BCUT2D eigenvalue weighted by molar-refractivity contribution is 8.15. The number of aryl methyl sites for hydroxylation is 1. The molecule has 2 heterocycles. The minimum atomic E-state index is -4.56. The fourth-order valence-electron chi connectivity index (χ4n) is 1.54. The number of hydrogen-bond acceptors (Lipinski definition) is 4. The molecule has 0 N–H and O–H groups in total. The van der Waals surface area contributed by atoms with Gasteiger partial charge in [-0.1, -0.05) is 0 Å². The molecule has 0 fully saturated rings. The fraction of sp³-hybridized carbons (Fsp3) is 0.222. The Morgan fingerprint density at radius 3 is 2.53 bits per heavy atom. The van der Waals surface area contributed by atoms with Gasteiger partial charge in [0.25, 0.3) is 9.05 Å². The Hall–Kier alpha value is -1.06. The van der Waals surface area contributed by atoms with Crippen LogP contribution in [0.15, 0.2) is 21.7 Å². The summed E-state index contributed by atoms with van der Waals surface area (Å²) in [5, 5.41) is 5.10. The molecule has 0 spiro atoms. The molecule has 2 aromatic heterocycles. The van der Waals surface area contributed by atoms with Gasteiger partial charge in [0, 0.05) is 23.3 Å². The number of hydrogen-bond donors (Lipinski definition) is 0. The highest BCUT2D eigenvalue weighted by Crippen LogP contribution is 2.36. The molecule has 0 amide bonds. The Morgan fingerprint density at radius 2 is 2.05 bits per heavy atom. The SMILES string of the molecule is Cn1nc(-c2ccsc2S(=O)(=O)Cl)cc1C(F)(F)F. The van der Waals surface area contributed by atoms with Crippen molar-refractivity contribution < 1.29 is 21.6 Å². The van der Waals surface area contributed by atoms with E-state index in [1.54, 1.807) is 0 Å². The maximum atomic E-state index is 12.6. The molecule has 0 aliphatic heterocycles. The molecule has 2 rings (SSSR count). The van der Waals surface area contributed by atoms with Crippen LogP contribution >= 0.6 is 22.0 Å². The number of alkyl halides is 3. The van der Waals surface area contributed by atoms with Gasteiger partial charge < -0.3 is 0 Å². The van der Waals surface area contributed by atoms with Crippen LogP contribution in [0.2, 0.25) is 0 Å². The molecule has 0 saturated heterocycles. The third-order valence-electron chi connectivity index (χ3n) is 2.30. The van der Waals surface area contributed by atoms with E-state index in [-0.39, 0.29) is 15.5 Å². The third kappa shape index (κ3) is 2.77. The lowest BCUT2D eigenvalue weighted by Crippen LogP contribution is -2.11. The van der Waals surface area contributed by atoms with E-state index < -0.39 is 20.9 Å². The molecule has 0 atom stereocenters. The van der Waals surface area contributed by atoms with Crippen LogP contribution in [0.3, 0.4) is 0 Å². The van der Waals surface area contributed by atoms with Gasteiger partial charge in [-0.3, -0.25) is 4.68 Å². The van der Waals surface area contributed by atoms with Gasteiger partial charge in [0.1, 0.15) is 9.90 Å². The largest absolute Gasteiger partial charge is 0.433 e. The summed E-state index contributed by atoms with van der Waals surface area (Å²) in [5.41, 5.74) is -0.993. The number of thiophene rings is 1. The first-order valence-electron chi connectivity index (χ1n) is 4.74. The van der Waals surface area contributed by atoms with E-state index >= 15 is 0 Å². The quantitative estimate of drug-likeness (QED) is 0.795. The molecule has 2 aromatic rings. The van der Waals surface area contributed by atoms with Crippen molar-refractivity contribution in [2.45, 2.75) is 10.4 Å². The lowest BCUT2D eigenvalue weighted by Gasteiger charge is -2.04. The minimum Gasteiger partial charge on any atom is -0.263 e. The number of nitrogens with zero attached hydrogens (tertiary/aromatic N) is 2. The second-order valence-electron chi connectivity index (χ2n) is 3.60. The first-order valence-corrected chi connectivity index (χ1v) is 7.93. The highest BCUT2D eigenvalue weighted by atomic mass is 35.7. The number of rotatable bonds is 2. The van der Waals surface area contributed by atoms with Crippen LogP contribution in [-0.4, -0.2) is 18.2 Å². The zero-order valence-electron chi connectivity index (χ0n) is 9.27. The molecule has 19 heavy (non-hydrogen) atoms. The van der Waals surface area contributed by atoms with Crippen LogP contribution in [0.25, 0.3) is 11.3 Å². The summed E-state index contributed by atoms with van der Waals surface area (Å²) < 4.78 is 60.9. The summed E-state index contributed by atoms with van der Waals surface area (Å²) in [7, 11) is 2.33. The van der Waals surface area contributed by atoms with Crippen molar-refractivity contribution in [2.75, 3.05) is 0 Å². The summed E-state index contributed by atoms with van der Waals surface area (Å²) >= 11 is 0.824. The van der Waals surface area contributed by atoms with Crippen molar-refractivity contribution in [3.63, 3.8) is 0 Å². The van der Waals surface area contributed by atoms with Crippen LogP contribution in [0.1, 0.15) is 5.69 Å². The topological polar surface area (TPSA) is 52.0 Å². The van der Waals surface area contributed by atoms with Crippen molar-refractivity contribution in [1.82, 2.24) is 9.78 Å². The van der Waals surface area contributed by atoms with E-state index in [0.29, 0.717) is 4.68 Å². The smallest absolute Gasteiger partial charge is 0.263 e. The van der Waals surface area contributed by atoms with E-state index in [2.05, 4.69) is 5.10 Å². The van der Waals surface area contributed by atoms with E-state index in [0.717, 1.165) is 24.5 Å². The van der Waals surface area contributed by atoms with Gasteiger partial charge in [-0.15, -0.1) is 11.3 Å². The van der Waals surface area contributed by atoms with Gasteiger partial charge in [0.15, 0.2) is 0 Å². The zero-order valence-corrected chi connectivity index (χ0v) is 11.7. The highest BCUT2D eigenvalue weighted by Gasteiger charge is 2.35. The monoisotopic (exact) mass is 330 g/mol. The molecule has 104 valence electrons. The Labute approximate surface area is 114 Å². The summed E-state index contributed by atoms with van der Waals surface area (Å²) in [4.78, 5) is 0. The Morgan fingerprint density at radius 1 is 1.42 bits per heavy atom. The molecule has 0 aromatic carbocycles. The number of aromatic nitrogens is 2. The predicted molar refractivity (Wildman–Crippen MR) is 64.6 cm³/mol. The van der Waals surface area contributed by atoms with Crippen molar-refractivity contribution in [3.05, 3.63) is 23.2 Å². The molecule has 0 aliphatic carbocycles. The van der Waals surface area contributed by atoms with E-state index in [1.807, 2.05) is 0 Å². The molecule has 0 unspecified atom stereocenters. The minimum absolute atomic E-state index is 0.0612. The predicted octanol–water partition coefficient (Wildman–Crippen LogP) is 3.09. The second-order valence-corrected chi connectivity index (χ2v) is 7.27. The molecule has 0 saturated carbocycles. The summed E-state index contributed by atoms with van der Waals surface area (Å²) in [6.07, 6.45) is -4.56. The van der Waals surface area contributed by atoms with Crippen molar-refractivity contribution in [1.29, 1.82) is 0 Å². The molecule has 0 bridgehead atoms. The first kappa shape index (κ1) is 14.4. The van der Waals surface area contributed by atoms with Gasteiger partial charge in [-0.25, -0.2) is 8.42 Å². The summed E-state index contributed by atoms with van der Waals surface area (Å²) in [6, 6.07) is 2.15. The lowest BCUT2D eigenvalue weighted by molar-refractivity contribution is -0.143. The van der Waals surface area contributed by atoms with E-state index in [4.69, 9.17) is 10.7 Å². The van der Waals surface area contributed by atoms with E-state index in [1.165, 1.54) is 11.4 Å². The maximum Gasteiger partial charge on any atom is 0.433 e. The fourth-order valence-corrected chi connectivity index (χ4v) is 3.80. The average Bonchev–Trinajstić information content (AvgIpc) is 2.79. The van der Waals surface area contributed by atoms with Crippen molar-refractivity contribution in [2.24, 2.45) is 7.05 Å². The first-order chi connectivity index (χ1) is 8.60. The Bertz CT molecular complexity index is 718. The normalized spacial score (nSPS) is 12.9. The van der Waals surface area contributed by atoms with Crippen LogP contribution in [0, 0.1) is 0 Å². The number of halogens is 4. The maximum absolute atomic E-state index is 12.6. The summed E-state index contributed by atoms with van der Waals surface area (Å²) in [5.74, 6) is 0. The second kappa shape index (κ2) is 4.50. The van der Waals surface area contributed by atoms with Crippen molar-refractivity contribution >= 4 is 31.1 Å². The molecule has 4 nitrogen and oxygen atoms in total. The molecule has 0 aliphatic rings. The zero-order chi connectivity index (χ0) is 14.4. The van der Waals surface area contributed by atoms with E-state index in [9.17, 15) is 21.6 Å². The third-order valence-corrected chi connectivity index (χ3v) is 5.35.